The van der Waals surface area contributed by atoms with E-state index >= 15 is 0 Å². The number of ether oxygens (including phenoxy) is 1. The maximum absolute atomic E-state index is 11.1. The second-order valence-corrected chi connectivity index (χ2v) is 3.05. The molecule has 5 heteroatoms. The van der Waals surface area contributed by atoms with Crippen molar-refractivity contribution in [2.75, 3.05) is 27.2 Å². The van der Waals surface area contributed by atoms with Crippen molar-refractivity contribution in [1.82, 2.24) is 10.6 Å². The zero-order chi connectivity index (χ0) is 11.7. The van der Waals surface area contributed by atoms with Crippen LogP contribution in [0.1, 0.15) is 6.92 Å². The first-order valence-corrected chi connectivity index (χ1v) is 4.79. The highest BCUT2D eigenvalue weighted by molar-refractivity contribution is 5.80. The molecule has 0 aromatic rings. The van der Waals surface area contributed by atoms with Crippen LogP contribution in [0.5, 0.6) is 0 Å². The Labute approximate surface area is 90.6 Å². The third-order valence-electron chi connectivity index (χ3n) is 1.82. The normalized spacial score (nSPS) is 12.9. The van der Waals surface area contributed by atoms with Crippen LogP contribution in [0.2, 0.25) is 0 Å². The van der Waals surface area contributed by atoms with E-state index in [-0.39, 0.29) is 11.9 Å². The van der Waals surface area contributed by atoms with E-state index in [2.05, 4.69) is 26.9 Å². The summed E-state index contributed by atoms with van der Waals surface area (Å²) in [4.78, 5) is 15.1. The molecule has 0 amide bonds. The largest absolute Gasteiger partial charge is 0.469 e. The zero-order valence-corrected chi connectivity index (χ0v) is 9.54. The highest BCUT2D eigenvalue weighted by atomic mass is 16.5. The summed E-state index contributed by atoms with van der Waals surface area (Å²) in [6, 6.07) is 0. The Morgan fingerprint density at radius 3 is 2.73 bits per heavy atom. The summed E-state index contributed by atoms with van der Waals surface area (Å²) in [5.41, 5.74) is 0. The molecule has 0 saturated carbocycles. The van der Waals surface area contributed by atoms with Crippen molar-refractivity contribution in [3.63, 3.8) is 0 Å². The lowest BCUT2D eigenvalue weighted by Gasteiger charge is -2.13. The van der Waals surface area contributed by atoms with E-state index in [1.165, 1.54) is 7.11 Å². The molecule has 0 aromatic carbocycles. The van der Waals surface area contributed by atoms with Crippen LogP contribution < -0.4 is 10.6 Å². The highest BCUT2D eigenvalue weighted by Crippen LogP contribution is 1.94. The van der Waals surface area contributed by atoms with Crippen LogP contribution in [0.3, 0.4) is 0 Å². The van der Waals surface area contributed by atoms with Crippen molar-refractivity contribution in [1.29, 1.82) is 0 Å². The Hall–Kier alpha value is -1.52. The molecule has 0 aliphatic heterocycles. The van der Waals surface area contributed by atoms with Crippen molar-refractivity contribution in [2.45, 2.75) is 6.92 Å². The molecular weight excluding hydrogens is 194 g/mol. The third-order valence-corrected chi connectivity index (χ3v) is 1.82. The highest BCUT2D eigenvalue weighted by Gasteiger charge is 2.12. The van der Waals surface area contributed by atoms with Gasteiger partial charge in [0.05, 0.1) is 13.0 Å². The Morgan fingerprint density at radius 1 is 1.60 bits per heavy atom. The number of nitrogens with one attached hydrogen (secondary N) is 2. The first kappa shape index (κ1) is 13.5. The molecule has 0 saturated heterocycles. The van der Waals surface area contributed by atoms with E-state index in [1.807, 2.05) is 0 Å². The van der Waals surface area contributed by atoms with E-state index in [0.717, 1.165) is 0 Å². The van der Waals surface area contributed by atoms with Crippen LogP contribution in [0.25, 0.3) is 0 Å². The molecule has 0 aromatic heterocycles. The van der Waals surface area contributed by atoms with Crippen molar-refractivity contribution in [2.24, 2.45) is 10.9 Å². The van der Waals surface area contributed by atoms with Gasteiger partial charge in [-0.15, -0.1) is 6.58 Å². The standard InChI is InChI=1S/C10H19N3O2/c1-5-6-12-10(11-3)13-7-8(2)9(14)15-4/h5,8H,1,6-7H2,2-4H3,(H2,11,12,13). The number of methoxy groups -OCH3 is 1. The molecule has 0 radical (unpaired) electrons. The molecule has 0 fully saturated rings. The summed E-state index contributed by atoms with van der Waals surface area (Å²) in [5.74, 6) is 0.213. The van der Waals surface area contributed by atoms with Gasteiger partial charge in [0.1, 0.15) is 0 Å². The molecular formula is C10H19N3O2. The fourth-order valence-electron chi connectivity index (χ4n) is 0.924. The van der Waals surface area contributed by atoms with Crippen molar-refractivity contribution < 1.29 is 9.53 Å². The van der Waals surface area contributed by atoms with E-state index < -0.39 is 0 Å². The van der Waals surface area contributed by atoms with Gasteiger partial charge in [-0.3, -0.25) is 9.79 Å². The Kier molecular flexibility index (Phi) is 7.05. The lowest BCUT2D eigenvalue weighted by atomic mass is 10.2. The molecule has 0 bridgehead atoms. The number of rotatable bonds is 5. The fourth-order valence-corrected chi connectivity index (χ4v) is 0.924. The van der Waals surface area contributed by atoms with Crippen LogP contribution >= 0.6 is 0 Å². The molecule has 0 spiro atoms. The van der Waals surface area contributed by atoms with Gasteiger partial charge < -0.3 is 15.4 Å². The monoisotopic (exact) mass is 213 g/mol. The summed E-state index contributed by atoms with van der Waals surface area (Å²) in [6.07, 6.45) is 1.73. The molecule has 2 N–H and O–H groups in total. The molecule has 0 heterocycles. The minimum absolute atomic E-state index is 0.197. The third kappa shape index (κ3) is 5.72. The summed E-state index contributed by atoms with van der Waals surface area (Å²) < 4.78 is 4.60. The number of hydrogen-bond acceptors (Lipinski definition) is 3. The van der Waals surface area contributed by atoms with Gasteiger partial charge in [-0.2, -0.15) is 0 Å². The van der Waals surface area contributed by atoms with Crippen LogP contribution in [0, 0.1) is 5.92 Å². The quantitative estimate of drug-likeness (QED) is 0.295. The van der Waals surface area contributed by atoms with E-state index in [9.17, 15) is 4.79 Å². The number of aliphatic imine (C=N–C) groups is 1. The van der Waals surface area contributed by atoms with Gasteiger partial charge in [0, 0.05) is 20.1 Å². The molecule has 86 valence electrons. The number of carbonyl (C=O) groups is 1. The number of esters is 1. The SMILES string of the molecule is C=CCNC(=NC)NCC(C)C(=O)OC. The second kappa shape index (κ2) is 7.84. The van der Waals surface area contributed by atoms with E-state index in [4.69, 9.17) is 0 Å². The van der Waals surface area contributed by atoms with Crippen LogP contribution in [0.15, 0.2) is 17.6 Å². The number of carbonyl (C=O) groups excluding carboxylic acids is 1. The molecule has 5 nitrogen and oxygen atoms in total. The number of guanidine groups is 1. The number of hydrogen-bond donors (Lipinski definition) is 2. The van der Waals surface area contributed by atoms with Gasteiger partial charge in [0.2, 0.25) is 0 Å². The molecule has 0 rings (SSSR count). The molecule has 1 atom stereocenters. The van der Waals surface area contributed by atoms with Crippen LogP contribution in [-0.4, -0.2) is 39.2 Å². The minimum Gasteiger partial charge on any atom is -0.469 e. The maximum Gasteiger partial charge on any atom is 0.310 e. The smallest absolute Gasteiger partial charge is 0.310 e. The first-order valence-electron chi connectivity index (χ1n) is 4.79. The molecule has 15 heavy (non-hydrogen) atoms. The maximum atomic E-state index is 11.1. The predicted octanol–water partition coefficient (Wildman–Crippen LogP) is 0.147. The van der Waals surface area contributed by atoms with Crippen molar-refractivity contribution in [3.8, 4) is 0 Å². The molecule has 1 unspecified atom stereocenters. The average Bonchev–Trinajstić information content (AvgIpc) is 2.27. The molecule has 0 aliphatic rings. The van der Waals surface area contributed by atoms with Gasteiger partial charge in [-0.1, -0.05) is 13.0 Å². The summed E-state index contributed by atoms with van der Waals surface area (Å²) in [5, 5.41) is 6.01. The summed E-state index contributed by atoms with van der Waals surface area (Å²) in [7, 11) is 3.05. The first-order chi connectivity index (χ1) is 7.15. The minimum atomic E-state index is -0.235. The lowest BCUT2D eigenvalue weighted by Crippen LogP contribution is -2.40. The molecule has 0 aliphatic carbocycles. The fraction of sp³-hybridized carbons (Fsp3) is 0.600. The Morgan fingerprint density at radius 2 is 2.27 bits per heavy atom. The van der Waals surface area contributed by atoms with Gasteiger partial charge in [-0.25, -0.2) is 0 Å². The van der Waals surface area contributed by atoms with Crippen LogP contribution in [-0.2, 0) is 9.53 Å². The van der Waals surface area contributed by atoms with Gasteiger partial charge in [0.15, 0.2) is 5.96 Å². The Balaban J connectivity index is 3.90. The van der Waals surface area contributed by atoms with E-state index in [1.54, 1.807) is 20.0 Å². The zero-order valence-electron chi connectivity index (χ0n) is 9.54. The number of nitrogens with zero attached hydrogens (tertiary/aromatic N) is 1. The van der Waals surface area contributed by atoms with Crippen molar-refractivity contribution >= 4 is 11.9 Å². The summed E-state index contributed by atoms with van der Waals surface area (Å²) >= 11 is 0. The van der Waals surface area contributed by atoms with Gasteiger partial charge in [-0.05, 0) is 0 Å². The van der Waals surface area contributed by atoms with Gasteiger partial charge >= 0.3 is 5.97 Å². The van der Waals surface area contributed by atoms with Crippen LogP contribution in [0.4, 0.5) is 0 Å². The van der Waals surface area contributed by atoms with Crippen molar-refractivity contribution in [3.05, 3.63) is 12.7 Å². The average molecular weight is 213 g/mol. The van der Waals surface area contributed by atoms with Gasteiger partial charge in [0.25, 0.3) is 0 Å². The second-order valence-electron chi connectivity index (χ2n) is 3.05. The predicted molar refractivity (Wildman–Crippen MR) is 60.7 cm³/mol. The Bertz CT molecular complexity index is 239. The van der Waals surface area contributed by atoms with E-state index in [0.29, 0.717) is 19.0 Å². The summed E-state index contributed by atoms with van der Waals surface area (Å²) in [6.45, 7) is 6.50. The lowest BCUT2D eigenvalue weighted by molar-refractivity contribution is -0.144. The topological polar surface area (TPSA) is 62.7 Å².